The predicted octanol–water partition coefficient (Wildman–Crippen LogP) is 1.27. The Morgan fingerprint density at radius 2 is 2.17 bits per heavy atom. The van der Waals surface area contributed by atoms with Gasteiger partial charge in [0.2, 0.25) is 0 Å². The molecule has 2 bridgehead atoms. The highest BCUT2D eigenvalue weighted by atomic mass is 32.1. The molecule has 2 fully saturated rings. The van der Waals surface area contributed by atoms with Gasteiger partial charge in [-0.2, -0.15) is 0 Å². The van der Waals surface area contributed by atoms with Gasteiger partial charge in [-0.1, -0.05) is 6.42 Å². The molecule has 0 aromatic carbocycles. The highest BCUT2D eigenvalue weighted by molar-refractivity contribution is 7.80. The average molecular weight is 184 g/mol. The predicted molar refractivity (Wildman–Crippen MR) is 54.0 cm³/mol. The summed E-state index contributed by atoms with van der Waals surface area (Å²) in [4.78, 5) is 0. The van der Waals surface area contributed by atoms with Gasteiger partial charge < -0.3 is 10.6 Å². The lowest BCUT2D eigenvalue weighted by atomic mass is 9.96. The first-order chi connectivity index (χ1) is 5.79. The van der Waals surface area contributed by atoms with Crippen LogP contribution in [0.3, 0.4) is 0 Å². The van der Waals surface area contributed by atoms with Crippen molar-refractivity contribution >= 4 is 17.3 Å². The standard InChI is InChI=1S/C9H16N2S/c1-10-9(12)11-8-5-6-2-3-7(8)4-6/h6-8H,2-5H2,1H3,(H2,10,11,12)/t6-,7-,8+/m0/s1. The zero-order valence-corrected chi connectivity index (χ0v) is 8.29. The van der Waals surface area contributed by atoms with Gasteiger partial charge in [-0.3, -0.25) is 0 Å². The smallest absolute Gasteiger partial charge is 0.166 e. The van der Waals surface area contributed by atoms with Crippen LogP contribution in [-0.4, -0.2) is 18.2 Å². The van der Waals surface area contributed by atoms with E-state index in [1.165, 1.54) is 25.7 Å². The first-order valence-electron chi connectivity index (χ1n) is 4.78. The number of hydrogen-bond acceptors (Lipinski definition) is 1. The molecule has 2 nitrogen and oxygen atoms in total. The van der Waals surface area contributed by atoms with Crippen LogP contribution in [0.2, 0.25) is 0 Å². The van der Waals surface area contributed by atoms with E-state index < -0.39 is 0 Å². The van der Waals surface area contributed by atoms with E-state index in [0.29, 0.717) is 6.04 Å². The van der Waals surface area contributed by atoms with E-state index in [0.717, 1.165) is 16.9 Å². The Morgan fingerprint density at radius 3 is 2.67 bits per heavy atom. The van der Waals surface area contributed by atoms with Crippen LogP contribution in [-0.2, 0) is 0 Å². The maximum absolute atomic E-state index is 5.09. The van der Waals surface area contributed by atoms with Gasteiger partial charge in [-0.15, -0.1) is 0 Å². The summed E-state index contributed by atoms with van der Waals surface area (Å²) in [5.74, 6) is 1.90. The minimum absolute atomic E-state index is 0.670. The largest absolute Gasteiger partial charge is 0.366 e. The van der Waals surface area contributed by atoms with Gasteiger partial charge in [-0.05, 0) is 43.3 Å². The van der Waals surface area contributed by atoms with Crippen molar-refractivity contribution in [2.45, 2.75) is 31.7 Å². The van der Waals surface area contributed by atoms with Crippen molar-refractivity contribution in [2.75, 3.05) is 7.05 Å². The van der Waals surface area contributed by atoms with Crippen LogP contribution in [0.4, 0.5) is 0 Å². The summed E-state index contributed by atoms with van der Waals surface area (Å²) in [5, 5.41) is 7.16. The molecule has 2 N–H and O–H groups in total. The van der Waals surface area contributed by atoms with Crippen LogP contribution in [0.25, 0.3) is 0 Å². The normalized spacial score (nSPS) is 38.2. The SMILES string of the molecule is CNC(=S)N[C@@H]1C[C@H]2CC[C@H]1C2. The Labute approximate surface area is 79.1 Å². The second-order valence-electron chi connectivity index (χ2n) is 4.00. The Bertz CT molecular complexity index is 193. The number of rotatable bonds is 1. The molecule has 0 saturated heterocycles. The highest BCUT2D eigenvalue weighted by Gasteiger charge is 2.39. The summed E-state index contributed by atoms with van der Waals surface area (Å²) in [6.45, 7) is 0. The molecule has 0 amide bonds. The third-order valence-corrected chi connectivity index (χ3v) is 3.60. The molecule has 3 heteroatoms. The van der Waals surface area contributed by atoms with Crippen molar-refractivity contribution in [1.82, 2.24) is 10.6 Å². The molecular weight excluding hydrogens is 168 g/mol. The summed E-state index contributed by atoms with van der Waals surface area (Å²) >= 11 is 5.09. The monoisotopic (exact) mass is 184 g/mol. The quantitative estimate of drug-likeness (QED) is 0.600. The van der Waals surface area contributed by atoms with Crippen molar-refractivity contribution < 1.29 is 0 Å². The lowest BCUT2D eigenvalue weighted by Crippen LogP contribution is -2.42. The lowest BCUT2D eigenvalue weighted by molar-refractivity contribution is 0.390. The van der Waals surface area contributed by atoms with Crippen LogP contribution < -0.4 is 10.6 Å². The van der Waals surface area contributed by atoms with Crippen molar-refractivity contribution in [3.05, 3.63) is 0 Å². The van der Waals surface area contributed by atoms with Crippen molar-refractivity contribution in [3.63, 3.8) is 0 Å². The number of thiocarbonyl (C=S) groups is 1. The van der Waals surface area contributed by atoms with Gasteiger partial charge in [0.25, 0.3) is 0 Å². The highest BCUT2D eigenvalue weighted by Crippen LogP contribution is 2.44. The third-order valence-electron chi connectivity index (χ3n) is 3.28. The molecule has 0 unspecified atom stereocenters. The van der Waals surface area contributed by atoms with Crippen LogP contribution >= 0.6 is 12.2 Å². The van der Waals surface area contributed by atoms with Crippen LogP contribution in [0.5, 0.6) is 0 Å². The summed E-state index contributed by atoms with van der Waals surface area (Å²) in [7, 11) is 1.88. The molecule has 2 rings (SSSR count). The Kier molecular flexibility index (Phi) is 2.22. The van der Waals surface area contributed by atoms with E-state index in [2.05, 4.69) is 10.6 Å². The molecule has 3 atom stereocenters. The van der Waals surface area contributed by atoms with E-state index in [1.54, 1.807) is 0 Å². The first kappa shape index (κ1) is 8.30. The van der Waals surface area contributed by atoms with Gasteiger partial charge in [0.05, 0.1) is 0 Å². The van der Waals surface area contributed by atoms with E-state index >= 15 is 0 Å². The maximum Gasteiger partial charge on any atom is 0.166 e. The second-order valence-corrected chi connectivity index (χ2v) is 4.41. The van der Waals surface area contributed by atoms with Crippen LogP contribution in [0, 0.1) is 11.8 Å². The molecule has 2 aliphatic rings. The molecule has 0 spiro atoms. The molecule has 2 aliphatic carbocycles. The molecule has 12 heavy (non-hydrogen) atoms. The van der Waals surface area contributed by atoms with E-state index in [4.69, 9.17) is 12.2 Å². The van der Waals surface area contributed by atoms with Crippen molar-refractivity contribution in [2.24, 2.45) is 11.8 Å². The minimum atomic E-state index is 0.670. The van der Waals surface area contributed by atoms with E-state index in [-0.39, 0.29) is 0 Å². The number of nitrogens with one attached hydrogen (secondary N) is 2. The molecule has 0 radical (unpaired) electrons. The van der Waals surface area contributed by atoms with Gasteiger partial charge in [0.15, 0.2) is 5.11 Å². The van der Waals surface area contributed by atoms with Crippen molar-refractivity contribution in [3.8, 4) is 0 Å². The van der Waals surface area contributed by atoms with E-state index in [1.807, 2.05) is 7.05 Å². The molecule has 2 saturated carbocycles. The molecule has 0 aliphatic heterocycles. The molecular formula is C9H16N2S. The molecule has 0 aromatic rings. The van der Waals surface area contributed by atoms with E-state index in [9.17, 15) is 0 Å². The Morgan fingerprint density at radius 1 is 1.33 bits per heavy atom. The Balaban J connectivity index is 1.86. The second kappa shape index (κ2) is 3.21. The first-order valence-corrected chi connectivity index (χ1v) is 5.18. The van der Waals surface area contributed by atoms with Crippen LogP contribution in [0.15, 0.2) is 0 Å². The molecule has 0 aromatic heterocycles. The summed E-state index contributed by atoms with van der Waals surface area (Å²) in [6.07, 6.45) is 5.64. The topological polar surface area (TPSA) is 24.1 Å². The fraction of sp³-hybridized carbons (Fsp3) is 0.889. The summed E-state index contributed by atoms with van der Waals surface area (Å²) < 4.78 is 0. The average Bonchev–Trinajstić information content (AvgIpc) is 2.64. The summed E-state index contributed by atoms with van der Waals surface area (Å²) in [6, 6.07) is 0.670. The number of fused-ring (bicyclic) bond motifs is 2. The third kappa shape index (κ3) is 1.42. The zero-order chi connectivity index (χ0) is 8.55. The van der Waals surface area contributed by atoms with Crippen molar-refractivity contribution in [1.29, 1.82) is 0 Å². The van der Waals surface area contributed by atoms with Gasteiger partial charge in [-0.25, -0.2) is 0 Å². The van der Waals surface area contributed by atoms with Crippen LogP contribution in [0.1, 0.15) is 25.7 Å². The molecule has 0 heterocycles. The van der Waals surface area contributed by atoms with Gasteiger partial charge >= 0.3 is 0 Å². The van der Waals surface area contributed by atoms with Gasteiger partial charge in [0.1, 0.15) is 0 Å². The minimum Gasteiger partial charge on any atom is -0.366 e. The lowest BCUT2D eigenvalue weighted by Gasteiger charge is -2.23. The number of hydrogen-bond donors (Lipinski definition) is 2. The fourth-order valence-electron chi connectivity index (χ4n) is 2.66. The zero-order valence-electron chi connectivity index (χ0n) is 7.47. The summed E-state index contributed by atoms with van der Waals surface area (Å²) in [5.41, 5.74) is 0. The van der Waals surface area contributed by atoms with Gasteiger partial charge in [0, 0.05) is 13.1 Å². The fourth-order valence-corrected chi connectivity index (χ4v) is 2.81. The molecule has 68 valence electrons. The Hall–Kier alpha value is -0.310. The maximum atomic E-state index is 5.09.